The number of hydrogen-bond donors (Lipinski definition) is 1. The molecule has 0 bridgehead atoms. The van der Waals surface area contributed by atoms with E-state index in [1.54, 1.807) is 18.7 Å². The Morgan fingerprint density at radius 3 is 2.58 bits per heavy atom. The van der Waals surface area contributed by atoms with Crippen LogP contribution in [0.15, 0.2) is 22.7 Å². The SMILES string of the molecule is Cc1nn(C)c(C)c1NC(=O)[C@@H](C)OC(=O)c1ccc(F)cc1Br. The zero-order valence-electron chi connectivity index (χ0n) is 13.7. The Balaban J connectivity index is 2.07. The number of ether oxygens (including phenoxy) is 1. The van der Waals surface area contributed by atoms with Crippen molar-refractivity contribution in [3.63, 3.8) is 0 Å². The molecule has 1 heterocycles. The van der Waals surface area contributed by atoms with Gasteiger partial charge in [-0.1, -0.05) is 0 Å². The van der Waals surface area contributed by atoms with Crippen LogP contribution in [-0.2, 0) is 16.6 Å². The summed E-state index contributed by atoms with van der Waals surface area (Å²) in [5, 5.41) is 6.91. The number of anilines is 1. The molecule has 2 aromatic rings. The second-order valence-electron chi connectivity index (χ2n) is 5.33. The molecule has 1 aromatic heterocycles. The highest BCUT2D eigenvalue weighted by atomic mass is 79.9. The standard InChI is InChI=1S/C16H17BrFN3O3/c1-8-14(9(2)21(4)20-8)19-15(22)10(3)24-16(23)12-6-5-11(18)7-13(12)17/h5-7,10H,1-4H3,(H,19,22)/t10-/m1/s1. The summed E-state index contributed by atoms with van der Waals surface area (Å²) in [4.78, 5) is 24.3. The highest BCUT2D eigenvalue weighted by Crippen LogP contribution is 2.21. The number of benzene rings is 1. The zero-order chi connectivity index (χ0) is 18.0. The maximum absolute atomic E-state index is 13.1. The van der Waals surface area contributed by atoms with E-state index in [0.29, 0.717) is 11.4 Å². The quantitative estimate of drug-likeness (QED) is 0.804. The zero-order valence-corrected chi connectivity index (χ0v) is 15.3. The van der Waals surface area contributed by atoms with Crippen LogP contribution in [0, 0.1) is 19.7 Å². The van der Waals surface area contributed by atoms with Gasteiger partial charge in [0, 0.05) is 11.5 Å². The second-order valence-corrected chi connectivity index (χ2v) is 6.18. The number of halogens is 2. The van der Waals surface area contributed by atoms with E-state index in [9.17, 15) is 14.0 Å². The van der Waals surface area contributed by atoms with Crippen molar-refractivity contribution in [2.45, 2.75) is 26.9 Å². The number of nitrogens with one attached hydrogen (secondary N) is 1. The first kappa shape index (κ1) is 18.1. The van der Waals surface area contributed by atoms with Crippen LogP contribution in [0.5, 0.6) is 0 Å². The number of carbonyl (C=O) groups excluding carboxylic acids is 2. The Morgan fingerprint density at radius 1 is 1.38 bits per heavy atom. The van der Waals surface area contributed by atoms with Gasteiger partial charge in [0.15, 0.2) is 6.10 Å². The van der Waals surface area contributed by atoms with E-state index >= 15 is 0 Å². The average Bonchev–Trinajstić information content (AvgIpc) is 2.73. The molecule has 1 atom stereocenters. The van der Waals surface area contributed by atoms with Crippen molar-refractivity contribution in [1.82, 2.24) is 9.78 Å². The van der Waals surface area contributed by atoms with Crippen LogP contribution < -0.4 is 5.32 Å². The third-order valence-corrected chi connectivity index (χ3v) is 4.22. The molecule has 0 radical (unpaired) electrons. The van der Waals surface area contributed by atoms with Crippen molar-refractivity contribution >= 4 is 33.5 Å². The van der Waals surface area contributed by atoms with Gasteiger partial charge in [0.2, 0.25) is 0 Å². The Labute approximate surface area is 147 Å². The van der Waals surface area contributed by atoms with E-state index < -0.39 is 23.8 Å². The van der Waals surface area contributed by atoms with Crippen LogP contribution in [-0.4, -0.2) is 27.8 Å². The predicted molar refractivity (Wildman–Crippen MR) is 90.3 cm³/mol. The molecule has 0 aliphatic carbocycles. The van der Waals surface area contributed by atoms with Crippen LogP contribution in [0.3, 0.4) is 0 Å². The molecular weight excluding hydrogens is 381 g/mol. The number of amides is 1. The molecule has 1 N–H and O–H groups in total. The number of esters is 1. The lowest BCUT2D eigenvalue weighted by molar-refractivity contribution is -0.123. The molecule has 0 unspecified atom stereocenters. The molecule has 24 heavy (non-hydrogen) atoms. The average molecular weight is 398 g/mol. The molecule has 6 nitrogen and oxygen atoms in total. The summed E-state index contributed by atoms with van der Waals surface area (Å²) in [7, 11) is 1.77. The molecule has 2 rings (SSSR count). The topological polar surface area (TPSA) is 73.2 Å². The largest absolute Gasteiger partial charge is 0.449 e. The van der Waals surface area contributed by atoms with Crippen LogP contribution in [0.2, 0.25) is 0 Å². The van der Waals surface area contributed by atoms with Gasteiger partial charge in [0.25, 0.3) is 5.91 Å². The fourth-order valence-corrected chi connectivity index (χ4v) is 2.62. The monoisotopic (exact) mass is 397 g/mol. The summed E-state index contributed by atoms with van der Waals surface area (Å²) >= 11 is 3.10. The first-order valence-electron chi connectivity index (χ1n) is 7.17. The summed E-state index contributed by atoms with van der Waals surface area (Å²) in [6.45, 7) is 5.06. The lowest BCUT2D eigenvalue weighted by Crippen LogP contribution is -2.30. The fourth-order valence-electron chi connectivity index (χ4n) is 2.11. The third kappa shape index (κ3) is 3.81. The minimum atomic E-state index is -1.02. The lowest BCUT2D eigenvalue weighted by atomic mass is 10.2. The maximum atomic E-state index is 13.1. The predicted octanol–water partition coefficient (Wildman–Crippen LogP) is 3.12. The van der Waals surface area contributed by atoms with Crippen molar-refractivity contribution in [2.24, 2.45) is 7.05 Å². The Hall–Kier alpha value is -2.22. The summed E-state index contributed by atoms with van der Waals surface area (Å²) in [6, 6.07) is 3.60. The summed E-state index contributed by atoms with van der Waals surface area (Å²) in [5.74, 6) is -1.67. The van der Waals surface area contributed by atoms with Gasteiger partial charge in [0.05, 0.1) is 22.6 Å². The number of rotatable bonds is 4. The van der Waals surface area contributed by atoms with Crippen LogP contribution in [0.1, 0.15) is 28.7 Å². The van der Waals surface area contributed by atoms with Crippen molar-refractivity contribution in [1.29, 1.82) is 0 Å². The van der Waals surface area contributed by atoms with Crippen molar-refractivity contribution in [3.05, 3.63) is 45.4 Å². The summed E-state index contributed by atoms with van der Waals surface area (Å²) < 4.78 is 20.1. The van der Waals surface area contributed by atoms with Crippen molar-refractivity contribution in [2.75, 3.05) is 5.32 Å². The van der Waals surface area contributed by atoms with Gasteiger partial charge in [-0.05, 0) is 54.9 Å². The van der Waals surface area contributed by atoms with E-state index in [4.69, 9.17) is 4.74 Å². The van der Waals surface area contributed by atoms with Crippen LogP contribution >= 0.6 is 15.9 Å². The molecule has 0 aliphatic rings. The fraction of sp³-hybridized carbons (Fsp3) is 0.312. The molecule has 1 amide bonds. The highest BCUT2D eigenvalue weighted by Gasteiger charge is 2.22. The van der Waals surface area contributed by atoms with Gasteiger partial charge >= 0.3 is 5.97 Å². The normalized spacial score (nSPS) is 11.9. The van der Waals surface area contributed by atoms with Gasteiger partial charge in [-0.2, -0.15) is 5.10 Å². The number of aryl methyl sites for hydroxylation is 2. The number of nitrogens with zero attached hydrogens (tertiary/aromatic N) is 2. The minimum Gasteiger partial charge on any atom is -0.449 e. The van der Waals surface area contributed by atoms with Gasteiger partial charge in [-0.25, -0.2) is 9.18 Å². The molecule has 0 aliphatic heterocycles. The minimum absolute atomic E-state index is 0.143. The van der Waals surface area contributed by atoms with E-state index in [-0.39, 0.29) is 10.0 Å². The van der Waals surface area contributed by atoms with Crippen LogP contribution in [0.25, 0.3) is 0 Å². The lowest BCUT2D eigenvalue weighted by Gasteiger charge is -2.14. The Kier molecular flexibility index (Phi) is 5.38. The maximum Gasteiger partial charge on any atom is 0.340 e. The first-order chi connectivity index (χ1) is 11.2. The van der Waals surface area contributed by atoms with E-state index in [1.165, 1.54) is 13.0 Å². The number of aromatic nitrogens is 2. The van der Waals surface area contributed by atoms with Crippen molar-refractivity contribution < 1.29 is 18.7 Å². The van der Waals surface area contributed by atoms with Crippen molar-refractivity contribution in [3.8, 4) is 0 Å². The first-order valence-corrected chi connectivity index (χ1v) is 7.97. The van der Waals surface area contributed by atoms with Crippen LogP contribution in [0.4, 0.5) is 10.1 Å². The molecule has 128 valence electrons. The highest BCUT2D eigenvalue weighted by molar-refractivity contribution is 9.10. The Morgan fingerprint density at radius 2 is 2.04 bits per heavy atom. The molecule has 0 spiro atoms. The third-order valence-electron chi connectivity index (χ3n) is 3.56. The second kappa shape index (κ2) is 7.12. The number of hydrogen-bond acceptors (Lipinski definition) is 4. The molecule has 0 fully saturated rings. The molecule has 8 heteroatoms. The number of carbonyl (C=O) groups is 2. The summed E-state index contributed by atoms with van der Waals surface area (Å²) in [5.41, 5.74) is 2.20. The van der Waals surface area contributed by atoms with Gasteiger partial charge in [-0.3, -0.25) is 9.48 Å². The molecular formula is C16H17BrFN3O3. The van der Waals surface area contributed by atoms with Gasteiger partial charge < -0.3 is 10.1 Å². The van der Waals surface area contributed by atoms with Gasteiger partial charge in [-0.15, -0.1) is 0 Å². The van der Waals surface area contributed by atoms with Gasteiger partial charge in [0.1, 0.15) is 5.82 Å². The molecule has 1 aromatic carbocycles. The Bertz CT molecular complexity index is 804. The smallest absolute Gasteiger partial charge is 0.340 e. The molecule has 0 saturated heterocycles. The van der Waals surface area contributed by atoms with E-state index in [2.05, 4.69) is 26.3 Å². The summed E-state index contributed by atoms with van der Waals surface area (Å²) in [6.07, 6.45) is -1.02. The molecule has 0 saturated carbocycles. The van der Waals surface area contributed by atoms with E-state index in [0.717, 1.165) is 17.8 Å². The van der Waals surface area contributed by atoms with E-state index in [1.807, 2.05) is 6.92 Å².